The predicted octanol–water partition coefficient (Wildman–Crippen LogP) is 2.74. The highest BCUT2D eigenvalue weighted by Crippen LogP contribution is 2.19. The van der Waals surface area contributed by atoms with Crippen LogP contribution in [0.15, 0.2) is 11.6 Å². The molecule has 1 aliphatic rings. The normalized spacial score (nSPS) is 17.8. The number of hydrogen-bond donors (Lipinski definition) is 1. The molecule has 0 spiro atoms. The number of carbonyl (C=O) groups excluding carboxylic acids is 2. The van der Waals surface area contributed by atoms with Gasteiger partial charge in [-0.25, -0.2) is 0 Å². The fraction of sp³-hybridized carbons (Fsp3) is 0.500. The summed E-state index contributed by atoms with van der Waals surface area (Å²) in [7, 11) is 0. The van der Waals surface area contributed by atoms with E-state index in [1.54, 1.807) is 0 Å². The summed E-state index contributed by atoms with van der Waals surface area (Å²) in [6.45, 7) is 9.85. The summed E-state index contributed by atoms with van der Waals surface area (Å²) in [6, 6.07) is -0.518. The van der Waals surface area contributed by atoms with E-state index in [0.717, 1.165) is 17.0 Å². The smallest absolute Gasteiger partial charge is 0.253 e. The molecule has 2 amide bonds. The van der Waals surface area contributed by atoms with E-state index in [1.807, 2.05) is 52.8 Å². The topological polar surface area (TPSA) is 76.9 Å². The molecule has 2 heterocycles. The molecule has 1 atom stereocenters. The van der Waals surface area contributed by atoms with Crippen molar-refractivity contribution < 1.29 is 9.59 Å². The lowest BCUT2D eigenvalue weighted by molar-refractivity contribution is -0.136. The fourth-order valence-electron chi connectivity index (χ4n) is 2.04. The highest BCUT2D eigenvalue weighted by Gasteiger charge is 2.30. The van der Waals surface area contributed by atoms with Gasteiger partial charge in [0.15, 0.2) is 6.04 Å². The zero-order valence-corrected chi connectivity index (χ0v) is 13.9. The lowest BCUT2D eigenvalue weighted by Gasteiger charge is -2.19. The minimum absolute atomic E-state index is 0.239. The van der Waals surface area contributed by atoms with E-state index in [2.05, 4.69) is 15.5 Å². The van der Waals surface area contributed by atoms with Crippen LogP contribution in [-0.2, 0) is 9.59 Å². The second-order valence-electron chi connectivity index (χ2n) is 4.98. The molecule has 22 heavy (non-hydrogen) atoms. The Kier molecular flexibility index (Phi) is 6.69. The molecular weight excluding hydrogens is 280 g/mol. The summed E-state index contributed by atoms with van der Waals surface area (Å²) in [5, 5.41) is 11.0. The molecule has 1 aliphatic heterocycles. The van der Waals surface area contributed by atoms with Crippen LogP contribution in [0, 0.1) is 0 Å². The summed E-state index contributed by atoms with van der Waals surface area (Å²) < 4.78 is 0. The Balaban J connectivity index is 0.00000116. The molecule has 0 bridgehead atoms. The van der Waals surface area contributed by atoms with Crippen LogP contribution in [0.2, 0.25) is 0 Å². The summed E-state index contributed by atoms with van der Waals surface area (Å²) in [5.41, 5.74) is 2.55. The largest absolute Gasteiger partial charge is 0.295 e. The van der Waals surface area contributed by atoms with Gasteiger partial charge in [0.1, 0.15) is 11.4 Å². The van der Waals surface area contributed by atoms with Crippen molar-refractivity contribution in [3.05, 3.63) is 23.0 Å². The van der Waals surface area contributed by atoms with Crippen LogP contribution >= 0.6 is 0 Å². The highest BCUT2D eigenvalue weighted by atomic mass is 16.2. The van der Waals surface area contributed by atoms with Crippen molar-refractivity contribution in [3.8, 4) is 0 Å². The summed E-state index contributed by atoms with van der Waals surface area (Å²) in [4.78, 5) is 24.4. The van der Waals surface area contributed by atoms with Crippen LogP contribution in [-0.4, -0.2) is 26.8 Å². The van der Waals surface area contributed by atoms with Gasteiger partial charge in [-0.3, -0.25) is 14.9 Å². The average Bonchev–Trinajstić information content (AvgIpc) is 2.83. The molecule has 1 N–H and O–H groups in total. The third-order valence-corrected chi connectivity index (χ3v) is 2.92. The molecular formula is C16H24N4O2. The first kappa shape index (κ1) is 17.8. The molecule has 6 nitrogen and oxygen atoms in total. The van der Waals surface area contributed by atoms with Crippen molar-refractivity contribution in [2.45, 2.75) is 53.5 Å². The number of hydrogen-bond acceptors (Lipinski definition) is 4. The quantitative estimate of drug-likeness (QED) is 0.871. The Bertz CT molecular complexity index is 595. The second-order valence-corrected chi connectivity index (χ2v) is 4.98. The first-order valence-corrected chi connectivity index (χ1v) is 7.59. The molecule has 0 aliphatic carbocycles. The second kappa shape index (κ2) is 8.26. The van der Waals surface area contributed by atoms with Crippen LogP contribution in [0.1, 0.15) is 64.9 Å². The van der Waals surface area contributed by atoms with Gasteiger partial charge in [0.2, 0.25) is 5.91 Å². The van der Waals surface area contributed by atoms with Gasteiger partial charge in [-0.15, -0.1) is 0 Å². The van der Waals surface area contributed by atoms with Crippen LogP contribution < -0.4 is 5.32 Å². The van der Waals surface area contributed by atoms with Crippen LogP contribution in [0.5, 0.6) is 0 Å². The molecule has 1 unspecified atom stereocenters. The van der Waals surface area contributed by atoms with E-state index in [9.17, 15) is 9.59 Å². The van der Waals surface area contributed by atoms with Gasteiger partial charge in [0.05, 0.1) is 0 Å². The summed E-state index contributed by atoms with van der Waals surface area (Å²) in [6.07, 6.45) is 6.40. The SMILES string of the molecule is C/C=C\c1nn(C2CCC(=O)NC2=O)nc1C=C(C)C.CC. The average molecular weight is 304 g/mol. The van der Waals surface area contributed by atoms with E-state index >= 15 is 0 Å². The molecule has 1 aromatic heterocycles. The number of allylic oxidation sites excluding steroid dienone is 2. The van der Waals surface area contributed by atoms with Gasteiger partial charge < -0.3 is 0 Å². The minimum atomic E-state index is -0.518. The first-order valence-electron chi connectivity index (χ1n) is 7.59. The third kappa shape index (κ3) is 4.38. The van der Waals surface area contributed by atoms with Crippen molar-refractivity contribution in [3.63, 3.8) is 0 Å². The van der Waals surface area contributed by atoms with Crippen molar-refractivity contribution >= 4 is 24.0 Å². The van der Waals surface area contributed by atoms with Gasteiger partial charge in [0.25, 0.3) is 5.91 Å². The number of piperidine rings is 1. The summed E-state index contributed by atoms with van der Waals surface area (Å²) in [5.74, 6) is -0.580. The molecule has 1 saturated heterocycles. The van der Waals surface area contributed by atoms with E-state index in [4.69, 9.17) is 0 Å². The van der Waals surface area contributed by atoms with Gasteiger partial charge >= 0.3 is 0 Å². The molecule has 2 rings (SSSR count). The number of nitrogens with zero attached hydrogens (tertiary/aromatic N) is 3. The number of imide groups is 1. The summed E-state index contributed by atoms with van der Waals surface area (Å²) >= 11 is 0. The Labute approximate surface area is 131 Å². The molecule has 1 fully saturated rings. The Morgan fingerprint density at radius 1 is 1.23 bits per heavy atom. The maximum atomic E-state index is 11.8. The van der Waals surface area contributed by atoms with E-state index < -0.39 is 6.04 Å². The van der Waals surface area contributed by atoms with Crippen molar-refractivity contribution in [1.29, 1.82) is 0 Å². The molecule has 0 radical (unpaired) electrons. The van der Waals surface area contributed by atoms with Gasteiger partial charge in [0, 0.05) is 6.42 Å². The van der Waals surface area contributed by atoms with E-state index in [-0.39, 0.29) is 11.8 Å². The van der Waals surface area contributed by atoms with Crippen molar-refractivity contribution in [2.75, 3.05) is 0 Å². The van der Waals surface area contributed by atoms with Crippen LogP contribution in [0.25, 0.3) is 12.2 Å². The number of aromatic nitrogens is 3. The number of carbonyl (C=O) groups is 2. The van der Waals surface area contributed by atoms with Crippen molar-refractivity contribution in [1.82, 2.24) is 20.3 Å². The maximum absolute atomic E-state index is 11.8. The monoisotopic (exact) mass is 304 g/mol. The fourth-order valence-corrected chi connectivity index (χ4v) is 2.04. The van der Waals surface area contributed by atoms with Crippen LogP contribution in [0.3, 0.4) is 0 Å². The van der Waals surface area contributed by atoms with Gasteiger partial charge in [-0.2, -0.15) is 15.0 Å². The zero-order valence-electron chi connectivity index (χ0n) is 13.9. The third-order valence-electron chi connectivity index (χ3n) is 2.92. The molecule has 0 saturated carbocycles. The Morgan fingerprint density at radius 2 is 1.86 bits per heavy atom. The predicted molar refractivity (Wildman–Crippen MR) is 86.8 cm³/mol. The lowest BCUT2D eigenvalue weighted by atomic mass is 10.1. The zero-order chi connectivity index (χ0) is 16.7. The molecule has 120 valence electrons. The highest BCUT2D eigenvalue weighted by molar-refractivity contribution is 5.99. The minimum Gasteiger partial charge on any atom is -0.295 e. The number of rotatable bonds is 3. The molecule has 1 aromatic rings. The van der Waals surface area contributed by atoms with E-state index in [0.29, 0.717) is 12.8 Å². The number of amides is 2. The van der Waals surface area contributed by atoms with Gasteiger partial charge in [-0.1, -0.05) is 25.5 Å². The Morgan fingerprint density at radius 3 is 2.41 bits per heavy atom. The number of nitrogens with one attached hydrogen (secondary N) is 1. The Hall–Kier alpha value is -2.24. The van der Waals surface area contributed by atoms with Crippen molar-refractivity contribution in [2.24, 2.45) is 0 Å². The molecule has 6 heteroatoms. The molecule has 0 aromatic carbocycles. The van der Waals surface area contributed by atoms with Crippen LogP contribution in [0.4, 0.5) is 0 Å². The first-order chi connectivity index (χ1) is 10.5. The standard InChI is InChI=1S/C14H18N4O2.C2H6/c1-4-5-10-11(8-9(2)3)17-18(16-10)12-6-7-13(19)15-14(12)20;1-2/h4-5,8,12H,6-7H2,1-3H3,(H,15,19,20);1-2H3/b5-4-;. The van der Waals surface area contributed by atoms with E-state index in [1.165, 1.54) is 4.80 Å². The maximum Gasteiger partial charge on any atom is 0.253 e. The van der Waals surface area contributed by atoms with Gasteiger partial charge in [-0.05, 0) is 39.3 Å². The lowest BCUT2D eigenvalue weighted by Crippen LogP contribution is -2.42.